The minimum Gasteiger partial charge on any atom is -0.335 e. The van der Waals surface area contributed by atoms with Crippen LogP contribution in [0.15, 0.2) is 47.1 Å². The Morgan fingerprint density at radius 2 is 2.00 bits per heavy atom. The third kappa shape index (κ3) is 2.94. The Morgan fingerprint density at radius 1 is 1.21 bits per heavy atom. The Labute approximate surface area is 161 Å². The molecule has 1 aromatic carbocycles. The first-order chi connectivity index (χ1) is 13.6. The highest BCUT2D eigenvalue weighted by Crippen LogP contribution is 2.41. The normalized spacial score (nSPS) is 13.8. The van der Waals surface area contributed by atoms with Crippen molar-refractivity contribution in [2.24, 2.45) is 7.05 Å². The molecule has 1 fully saturated rings. The summed E-state index contributed by atoms with van der Waals surface area (Å²) < 4.78 is 7.18. The smallest absolute Gasteiger partial charge is 0.259 e. The lowest BCUT2D eigenvalue weighted by molar-refractivity contribution is 0.102. The SMILES string of the molecule is Cc1ccc(-c2noc3nc(C4CC4)cc(C(=O)Nc4ccn(C)n4)c23)cc1. The number of aryl methyl sites for hydroxylation is 2. The molecule has 4 aromatic rings. The monoisotopic (exact) mass is 373 g/mol. The maximum absolute atomic E-state index is 13.1. The Hall–Kier alpha value is -3.48. The van der Waals surface area contributed by atoms with Crippen LogP contribution in [0.5, 0.6) is 0 Å². The fraction of sp³-hybridized carbons (Fsp3) is 0.238. The molecule has 7 nitrogen and oxygen atoms in total. The minimum absolute atomic E-state index is 0.246. The first-order valence-corrected chi connectivity index (χ1v) is 9.27. The Balaban J connectivity index is 1.65. The maximum atomic E-state index is 13.1. The van der Waals surface area contributed by atoms with Gasteiger partial charge in [0.15, 0.2) is 5.82 Å². The average Bonchev–Trinajstić information content (AvgIpc) is 3.33. The summed E-state index contributed by atoms with van der Waals surface area (Å²) >= 11 is 0. The Kier molecular flexibility index (Phi) is 3.75. The molecule has 0 radical (unpaired) electrons. The number of anilines is 1. The van der Waals surface area contributed by atoms with Gasteiger partial charge in [-0.3, -0.25) is 9.48 Å². The molecule has 0 aliphatic heterocycles. The van der Waals surface area contributed by atoms with Gasteiger partial charge in [0.1, 0.15) is 5.69 Å². The molecule has 28 heavy (non-hydrogen) atoms. The van der Waals surface area contributed by atoms with Crippen LogP contribution < -0.4 is 5.32 Å². The van der Waals surface area contributed by atoms with Gasteiger partial charge in [0.2, 0.25) is 0 Å². The van der Waals surface area contributed by atoms with E-state index >= 15 is 0 Å². The fourth-order valence-corrected chi connectivity index (χ4v) is 3.31. The van der Waals surface area contributed by atoms with Gasteiger partial charge in [-0.25, -0.2) is 4.98 Å². The van der Waals surface area contributed by atoms with E-state index in [4.69, 9.17) is 4.52 Å². The van der Waals surface area contributed by atoms with Crippen LogP contribution >= 0.6 is 0 Å². The van der Waals surface area contributed by atoms with Crippen molar-refractivity contribution in [2.45, 2.75) is 25.7 Å². The Bertz CT molecular complexity index is 1190. The number of amides is 1. The summed E-state index contributed by atoms with van der Waals surface area (Å²) in [6.07, 6.45) is 3.95. The van der Waals surface area contributed by atoms with Crippen molar-refractivity contribution >= 4 is 22.8 Å². The van der Waals surface area contributed by atoms with Crippen LogP contribution in [0.2, 0.25) is 0 Å². The molecule has 5 rings (SSSR count). The van der Waals surface area contributed by atoms with E-state index < -0.39 is 0 Å². The topological polar surface area (TPSA) is 85.8 Å². The molecule has 3 aromatic heterocycles. The van der Waals surface area contributed by atoms with E-state index in [-0.39, 0.29) is 5.91 Å². The van der Waals surface area contributed by atoms with Crippen LogP contribution in [0.1, 0.15) is 40.4 Å². The van der Waals surface area contributed by atoms with E-state index in [2.05, 4.69) is 20.6 Å². The predicted molar refractivity (Wildman–Crippen MR) is 105 cm³/mol. The molecular weight excluding hydrogens is 354 g/mol. The predicted octanol–water partition coefficient (Wildman–Crippen LogP) is 4.06. The van der Waals surface area contributed by atoms with Crippen molar-refractivity contribution < 1.29 is 9.32 Å². The van der Waals surface area contributed by atoms with Crippen LogP contribution in [0.4, 0.5) is 5.82 Å². The number of carbonyl (C=O) groups excluding carboxylic acids is 1. The van der Waals surface area contributed by atoms with Crippen LogP contribution in [0, 0.1) is 6.92 Å². The third-order valence-electron chi connectivity index (χ3n) is 4.99. The summed E-state index contributed by atoms with van der Waals surface area (Å²) in [7, 11) is 1.81. The highest BCUT2D eigenvalue weighted by atomic mass is 16.5. The second-order valence-corrected chi connectivity index (χ2v) is 7.28. The molecule has 0 bridgehead atoms. The van der Waals surface area contributed by atoms with Gasteiger partial charge in [0, 0.05) is 36.5 Å². The zero-order chi connectivity index (χ0) is 19.3. The van der Waals surface area contributed by atoms with Gasteiger partial charge in [0.25, 0.3) is 11.6 Å². The summed E-state index contributed by atoms with van der Waals surface area (Å²) in [4.78, 5) is 17.7. The standard InChI is InChI=1S/C21H19N5O2/c1-12-3-5-14(6-4-12)19-18-15(20(27)23-17-9-10-26(2)24-17)11-16(13-7-8-13)22-21(18)28-25-19/h3-6,9-11,13H,7-8H2,1-2H3,(H,23,24,27). The van der Waals surface area contributed by atoms with Gasteiger partial charge < -0.3 is 9.84 Å². The van der Waals surface area contributed by atoms with Gasteiger partial charge >= 0.3 is 0 Å². The number of pyridine rings is 1. The zero-order valence-corrected chi connectivity index (χ0v) is 15.6. The lowest BCUT2D eigenvalue weighted by Crippen LogP contribution is -2.14. The highest BCUT2D eigenvalue weighted by Gasteiger charge is 2.29. The number of nitrogens with one attached hydrogen (secondary N) is 1. The van der Waals surface area contributed by atoms with E-state index in [1.807, 2.05) is 37.3 Å². The quantitative estimate of drug-likeness (QED) is 0.583. The van der Waals surface area contributed by atoms with Crippen LogP contribution in [0.3, 0.4) is 0 Å². The first kappa shape index (κ1) is 16.7. The van der Waals surface area contributed by atoms with Crippen molar-refractivity contribution in [1.29, 1.82) is 0 Å². The number of aromatic nitrogens is 4. The average molecular weight is 373 g/mol. The first-order valence-electron chi connectivity index (χ1n) is 9.27. The van der Waals surface area contributed by atoms with E-state index in [0.717, 1.165) is 29.7 Å². The van der Waals surface area contributed by atoms with E-state index in [0.29, 0.717) is 34.1 Å². The van der Waals surface area contributed by atoms with Gasteiger partial charge in [-0.1, -0.05) is 35.0 Å². The molecule has 0 unspecified atom stereocenters. The molecular formula is C21H19N5O2. The molecule has 1 saturated carbocycles. The summed E-state index contributed by atoms with van der Waals surface area (Å²) in [5.74, 6) is 0.641. The molecule has 0 atom stereocenters. The molecule has 7 heteroatoms. The number of carbonyl (C=O) groups is 1. The fourth-order valence-electron chi connectivity index (χ4n) is 3.31. The van der Waals surface area contributed by atoms with E-state index in [9.17, 15) is 4.79 Å². The second-order valence-electron chi connectivity index (χ2n) is 7.28. The number of nitrogens with zero attached hydrogens (tertiary/aromatic N) is 4. The molecule has 1 aliphatic rings. The zero-order valence-electron chi connectivity index (χ0n) is 15.6. The molecule has 1 amide bonds. The maximum Gasteiger partial charge on any atom is 0.259 e. The molecule has 1 aliphatic carbocycles. The molecule has 0 saturated heterocycles. The van der Waals surface area contributed by atoms with Crippen LogP contribution in [-0.2, 0) is 7.05 Å². The Morgan fingerprint density at radius 3 is 2.68 bits per heavy atom. The number of hydrogen-bond donors (Lipinski definition) is 1. The van der Waals surface area contributed by atoms with E-state index in [1.54, 1.807) is 24.0 Å². The molecule has 1 N–H and O–H groups in total. The summed E-state index contributed by atoms with van der Waals surface area (Å²) in [6.45, 7) is 2.03. The van der Waals surface area contributed by atoms with Crippen molar-refractivity contribution in [3.05, 3.63) is 59.4 Å². The van der Waals surface area contributed by atoms with Gasteiger partial charge in [-0.15, -0.1) is 0 Å². The molecule has 0 spiro atoms. The number of rotatable bonds is 4. The molecule has 140 valence electrons. The van der Waals surface area contributed by atoms with Crippen molar-refractivity contribution in [3.8, 4) is 11.3 Å². The van der Waals surface area contributed by atoms with Crippen molar-refractivity contribution in [1.82, 2.24) is 19.9 Å². The minimum atomic E-state index is -0.246. The lowest BCUT2D eigenvalue weighted by atomic mass is 10.0. The molecule has 3 heterocycles. The van der Waals surface area contributed by atoms with Crippen molar-refractivity contribution in [2.75, 3.05) is 5.32 Å². The largest absolute Gasteiger partial charge is 0.335 e. The van der Waals surface area contributed by atoms with Crippen molar-refractivity contribution in [3.63, 3.8) is 0 Å². The number of benzene rings is 1. The second kappa shape index (κ2) is 6.30. The third-order valence-corrected chi connectivity index (χ3v) is 4.99. The van der Waals surface area contributed by atoms with Crippen LogP contribution in [0.25, 0.3) is 22.4 Å². The van der Waals surface area contributed by atoms with Gasteiger partial charge in [0.05, 0.1) is 10.9 Å². The summed E-state index contributed by atoms with van der Waals surface area (Å²) in [6, 6.07) is 11.6. The summed E-state index contributed by atoms with van der Waals surface area (Å²) in [5, 5.41) is 12.0. The highest BCUT2D eigenvalue weighted by molar-refractivity contribution is 6.14. The lowest BCUT2D eigenvalue weighted by Gasteiger charge is -2.07. The van der Waals surface area contributed by atoms with Gasteiger partial charge in [-0.05, 0) is 25.8 Å². The number of hydrogen-bond acceptors (Lipinski definition) is 5. The van der Waals surface area contributed by atoms with E-state index in [1.165, 1.54) is 0 Å². The number of fused-ring (bicyclic) bond motifs is 1. The summed E-state index contributed by atoms with van der Waals surface area (Å²) in [5.41, 5.74) is 4.44. The van der Waals surface area contributed by atoms with Crippen LogP contribution in [-0.4, -0.2) is 25.8 Å². The van der Waals surface area contributed by atoms with Gasteiger partial charge in [-0.2, -0.15) is 5.10 Å².